The van der Waals surface area contributed by atoms with Crippen molar-refractivity contribution in [3.63, 3.8) is 0 Å². The zero-order valence-corrected chi connectivity index (χ0v) is 16.9. The molecule has 2 aromatic carbocycles. The van der Waals surface area contributed by atoms with Crippen LogP contribution in [0.1, 0.15) is 40.0 Å². The van der Waals surface area contributed by atoms with Crippen molar-refractivity contribution >= 4 is 22.5 Å². The second kappa shape index (κ2) is 7.29. The van der Waals surface area contributed by atoms with Gasteiger partial charge in [0.2, 0.25) is 0 Å². The largest absolute Gasteiger partial charge is 0.497 e. The Bertz CT molecular complexity index is 1130. The predicted octanol–water partition coefficient (Wildman–Crippen LogP) is 3.86. The van der Waals surface area contributed by atoms with Gasteiger partial charge in [0.1, 0.15) is 17.1 Å². The lowest BCUT2D eigenvalue weighted by Crippen LogP contribution is -2.51. The smallest absolute Gasteiger partial charge is 0.178 e. The maximum Gasteiger partial charge on any atom is 0.178 e. The molecule has 1 fully saturated rings. The van der Waals surface area contributed by atoms with E-state index in [0.29, 0.717) is 29.8 Å². The van der Waals surface area contributed by atoms with Gasteiger partial charge in [0.25, 0.3) is 0 Å². The first-order valence-corrected chi connectivity index (χ1v) is 10.3. The fourth-order valence-electron chi connectivity index (χ4n) is 4.59. The molecule has 1 N–H and O–H groups in total. The maximum absolute atomic E-state index is 13.0. The number of Topliss-reactive ketones (excluding diaryl/α,β-unsaturated/α-hetero) is 2. The summed E-state index contributed by atoms with van der Waals surface area (Å²) < 4.78 is 11.6. The number of aromatic amines is 1. The Hall–Kier alpha value is -3.12. The summed E-state index contributed by atoms with van der Waals surface area (Å²) in [7, 11) is 1.62. The molecule has 0 unspecified atom stereocenters. The molecule has 0 atom stereocenters. The molecule has 0 saturated carbocycles. The van der Waals surface area contributed by atoms with E-state index in [1.54, 1.807) is 13.3 Å². The molecule has 6 heteroatoms. The summed E-state index contributed by atoms with van der Waals surface area (Å²) in [6.45, 7) is 1.81. The van der Waals surface area contributed by atoms with Crippen LogP contribution in [0.2, 0.25) is 0 Å². The summed E-state index contributed by atoms with van der Waals surface area (Å²) in [6, 6.07) is 13.2. The van der Waals surface area contributed by atoms with E-state index in [-0.39, 0.29) is 11.6 Å². The standard InChI is InChI=1S/C24H24N2O4/c1-29-16-6-7-20-18(12-16)19(14-25-20)22(28)15-26-10-8-24(9-11-26)13-21(27)17-4-2-3-5-23(17)30-24/h2-7,12,14,25H,8-11,13,15H2,1H3. The molecular weight excluding hydrogens is 380 g/mol. The number of methoxy groups -OCH3 is 1. The third-order valence-corrected chi connectivity index (χ3v) is 6.32. The number of ketones is 2. The third kappa shape index (κ3) is 3.27. The normalized spacial score (nSPS) is 18.2. The molecule has 0 amide bonds. The first-order chi connectivity index (χ1) is 14.6. The SMILES string of the molecule is COc1ccc2[nH]cc(C(=O)CN3CCC4(CC3)CC(=O)c3ccccc3O4)c2c1. The van der Waals surface area contributed by atoms with Crippen LogP contribution in [0.5, 0.6) is 11.5 Å². The van der Waals surface area contributed by atoms with Crippen LogP contribution in [0.15, 0.2) is 48.7 Å². The van der Waals surface area contributed by atoms with Gasteiger partial charge in [-0.15, -0.1) is 0 Å². The summed E-state index contributed by atoms with van der Waals surface area (Å²) >= 11 is 0. The lowest BCUT2D eigenvalue weighted by molar-refractivity contribution is -0.00800. The molecule has 3 heterocycles. The van der Waals surface area contributed by atoms with E-state index in [4.69, 9.17) is 9.47 Å². The molecular formula is C24H24N2O4. The first-order valence-electron chi connectivity index (χ1n) is 10.3. The van der Waals surface area contributed by atoms with Crippen molar-refractivity contribution in [3.05, 3.63) is 59.8 Å². The van der Waals surface area contributed by atoms with Crippen molar-refractivity contribution in [1.29, 1.82) is 0 Å². The Morgan fingerprint density at radius 3 is 2.80 bits per heavy atom. The van der Waals surface area contributed by atoms with Gasteiger partial charge in [-0.05, 0) is 30.3 Å². The minimum atomic E-state index is -0.445. The second-order valence-corrected chi connectivity index (χ2v) is 8.19. The number of ether oxygens (including phenoxy) is 2. The molecule has 3 aromatic rings. The number of hydrogen-bond donors (Lipinski definition) is 1. The fraction of sp³-hybridized carbons (Fsp3) is 0.333. The number of aromatic nitrogens is 1. The molecule has 30 heavy (non-hydrogen) atoms. The second-order valence-electron chi connectivity index (χ2n) is 8.19. The van der Waals surface area contributed by atoms with Crippen molar-refractivity contribution < 1.29 is 19.1 Å². The zero-order valence-electron chi connectivity index (χ0n) is 16.9. The van der Waals surface area contributed by atoms with E-state index in [1.165, 1.54) is 0 Å². The Morgan fingerprint density at radius 2 is 2.00 bits per heavy atom. The van der Waals surface area contributed by atoms with Crippen LogP contribution in [0.25, 0.3) is 10.9 Å². The molecule has 0 bridgehead atoms. The van der Waals surface area contributed by atoms with Crippen LogP contribution < -0.4 is 9.47 Å². The first kappa shape index (κ1) is 18.9. The van der Waals surface area contributed by atoms with Gasteiger partial charge in [-0.25, -0.2) is 0 Å². The number of benzene rings is 2. The fourth-order valence-corrected chi connectivity index (χ4v) is 4.59. The number of carbonyl (C=O) groups is 2. The molecule has 0 aliphatic carbocycles. The number of hydrogen-bond acceptors (Lipinski definition) is 5. The summed E-state index contributed by atoms with van der Waals surface area (Å²) in [6.07, 6.45) is 3.66. The van der Waals surface area contributed by atoms with Gasteiger partial charge >= 0.3 is 0 Å². The number of fused-ring (bicyclic) bond motifs is 2. The molecule has 2 aliphatic rings. The van der Waals surface area contributed by atoms with Crippen molar-refractivity contribution in [2.75, 3.05) is 26.7 Å². The average molecular weight is 404 g/mol. The molecule has 154 valence electrons. The Kier molecular flexibility index (Phi) is 4.59. The molecule has 0 radical (unpaired) electrons. The minimum absolute atomic E-state index is 0.0800. The van der Waals surface area contributed by atoms with Gasteiger partial charge in [-0.1, -0.05) is 12.1 Å². The van der Waals surface area contributed by atoms with Gasteiger partial charge in [0.05, 0.1) is 25.6 Å². The number of para-hydroxylation sites is 1. The van der Waals surface area contributed by atoms with Crippen LogP contribution >= 0.6 is 0 Å². The highest BCUT2D eigenvalue weighted by molar-refractivity contribution is 6.09. The van der Waals surface area contributed by atoms with Gasteiger partial charge in [0, 0.05) is 48.6 Å². The highest BCUT2D eigenvalue weighted by Crippen LogP contribution is 2.39. The molecule has 1 spiro atoms. The lowest BCUT2D eigenvalue weighted by Gasteiger charge is -2.43. The minimum Gasteiger partial charge on any atom is -0.497 e. The quantitative estimate of drug-likeness (QED) is 0.669. The number of rotatable bonds is 4. The van der Waals surface area contributed by atoms with Crippen LogP contribution in [0.4, 0.5) is 0 Å². The van der Waals surface area contributed by atoms with E-state index in [1.807, 2.05) is 42.5 Å². The summed E-state index contributed by atoms with van der Waals surface area (Å²) in [5, 5.41) is 0.880. The molecule has 1 saturated heterocycles. The maximum atomic E-state index is 13.0. The number of nitrogens with one attached hydrogen (secondary N) is 1. The number of likely N-dealkylation sites (tertiary alicyclic amines) is 1. The summed E-state index contributed by atoms with van der Waals surface area (Å²) in [5.41, 5.74) is 1.83. The Labute approximate surface area is 174 Å². The monoisotopic (exact) mass is 404 g/mol. The number of carbonyl (C=O) groups excluding carboxylic acids is 2. The van der Waals surface area contributed by atoms with E-state index in [9.17, 15) is 9.59 Å². The molecule has 6 nitrogen and oxygen atoms in total. The predicted molar refractivity (Wildman–Crippen MR) is 114 cm³/mol. The summed E-state index contributed by atoms with van der Waals surface area (Å²) in [4.78, 5) is 30.9. The van der Waals surface area contributed by atoms with E-state index >= 15 is 0 Å². The van der Waals surface area contributed by atoms with E-state index in [2.05, 4.69) is 9.88 Å². The number of nitrogens with zero attached hydrogens (tertiary/aromatic N) is 1. The van der Waals surface area contributed by atoms with E-state index in [0.717, 1.165) is 42.6 Å². The number of piperidine rings is 1. The zero-order chi connectivity index (χ0) is 20.7. The summed E-state index contributed by atoms with van der Waals surface area (Å²) in [5.74, 6) is 1.65. The number of H-pyrrole nitrogens is 1. The Morgan fingerprint density at radius 1 is 1.20 bits per heavy atom. The average Bonchev–Trinajstić information content (AvgIpc) is 3.19. The van der Waals surface area contributed by atoms with Crippen molar-refractivity contribution in [1.82, 2.24) is 9.88 Å². The van der Waals surface area contributed by atoms with Crippen molar-refractivity contribution in [2.45, 2.75) is 24.9 Å². The van der Waals surface area contributed by atoms with Crippen LogP contribution in [-0.4, -0.2) is 53.8 Å². The van der Waals surface area contributed by atoms with E-state index < -0.39 is 5.60 Å². The van der Waals surface area contributed by atoms with Gasteiger partial charge in [0.15, 0.2) is 11.6 Å². The highest BCUT2D eigenvalue weighted by Gasteiger charge is 2.43. The van der Waals surface area contributed by atoms with Gasteiger partial charge < -0.3 is 14.5 Å². The highest BCUT2D eigenvalue weighted by atomic mass is 16.5. The molecule has 1 aromatic heterocycles. The van der Waals surface area contributed by atoms with Crippen molar-refractivity contribution in [2.24, 2.45) is 0 Å². The van der Waals surface area contributed by atoms with Crippen LogP contribution in [0.3, 0.4) is 0 Å². The molecule has 2 aliphatic heterocycles. The lowest BCUT2D eigenvalue weighted by atomic mass is 9.82. The van der Waals surface area contributed by atoms with Crippen LogP contribution in [-0.2, 0) is 0 Å². The molecule has 5 rings (SSSR count). The van der Waals surface area contributed by atoms with Gasteiger partial charge in [-0.2, -0.15) is 0 Å². The van der Waals surface area contributed by atoms with Gasteiger partial charge in [-0.3, -0.25) is 14.5 Å². The van der Waals surface area contributed by atoms with Crippen molar-refractivity contribution in [3.8, 4) is 11.5 Å². The topological polar surface area (TPSA) is 71.6 Å². The van der Waals surface area contributed by atoms with Crippen LogP contribution in [0, 0.1) is 0 Å². The third-order valence-electron chi connectivity index (χ3n) is 6.32. The Balaban J connectivity index is 1.27.